The van der Waals surface area contributed by atoms with Crippen molar-refractivity contribution in [1.29, 1.82) is 0 Å². The van der Waals surface area contributed by atoms with Crippen molar-refractivity contribution in [2.24, 2.45) is 0 Å². The normalized spacial score (nSPS) is 12.5. The second-order valence-electron chi connectivity index (χ2n) is 3.75. The molecular formula is C9H10ClN3O2S. The zero-order valence-electron chi connectivity index (χ0n) is 8.75. The molecule has 0 saturated heterocycles. The second kappa shape index (κ2) is 3.71. The summed E-state index contributed by atoms with van der Waals surface area (Å²) in [5.41, 5.74) is 1.46. The largest absolute Gasteiger partial charge is 0.264 e. The van der Waals surface area contributed by atoms with Gasteiger partial charge in [-0.2, -0.15) is 5.10 Å². The number of rotatable bonds is 2. The lowest BCUT2D eigenvalue weighted by Crippen LogP contribution is -1.98. The van der Waals surface area contributed by atoms with Crippen molar-refractivity contribution in [1.82, 2.24) is 14.6 Å². The molecule has 0 unspecified atom stereocenters. The van der Waals surface area contributed by atoms with Crippen LogP contribution in [0.4, 0.5) is 0 Å². The third-order valence-corrected chi connectivity index (χ3v) is 3.49. The van der Waals surface area contributed by atoms with Crippen molar-refractivity contribution in [2.45, 2.75) is 24.7 Å². The van der Waals surface area contributed by atoms with Crippen molar-refractivity contribution in [3.05, 3.63) is 24.2 Å². The van der Waals surface area contributed by atoms with Gasteiger partial charge in [-0.05, 0) is 5.92 Å². The van der Waals surface area contributed by atoms with Crippen molar-refractivity contribution >= 4 is 25.4 Å². The molecule has 0 saturated carbocycles. The van der Waals surface area contributed by atoms with Gasteiger partial charge in [-0.25, -0.2) is 17.9 Å². The van der Waals surface area contributed by atoms with Crippen LogP contribution in [0.3, 0.4) is 0 Å². The van der Waals surface area contributed by atoms with Gasteiger partial charge in [0, 0.05) is 16.7 Å². The molecular weight excluding hydrogens is 250 g/mol. The molecule has 0 aliphatic carbocycles. The second-order valence-corrected chi connectivity index (χ2v) is 6.32. The predicted octanol–water partition coefficient (Wildman–Crippen LogP) is 1.78. The van der Waals surface area contributed by atoms with Crippen LogP contribution in [0.25, 0.3) is 5.65 Å². The van der Waals surface area contributed by atoms with E-state index in [1.165, 1.54) is 16.9 Å². The fourth-order valence-electron chi connectivity index (χ4n) is 1.29. The Hall–Kier alpha value is -1.14. The fraction of sp³-hybridized carbons (Fsp3) is 0.333. The van der Waals surface area contributed by atoms with Gasteiger partial charge in [0.1, 0.15) is 4.90 Å². The molecule has 0 amide bonds. The summed E-state index contributed by atoms with van der Waals surface area (Å²) in [5.74, 6) is 0.262. The van der Waals surface area contributed by atoms with Gasteiger partial charge in [0.15, 0.2) is 5.65 Å². The molecule has 0 fully saturated rings. The van der Waals surface area contributed by atoms with Gasteiger partial charge in [-0.1, -0.05) is 13.8 Å². The maximum Gasteiger partial charge on any atom is 0.264 e. The van der Waals surface area contributed by atoms with Crippen molar-refractivity contribution in [3.63, 3.8) is 0 Å². The van der Waals surface area contributed by atoms with E-state index in [0.29, 0.717) is 5.65 Å². The highest BCUT2D eigenvalue weighted by atomic mass is 35.7. The summed E-state index contributed by atoms with van der Waals surface area (Å²) in [5, 5.41) is 4.22. The van der Waals surface area contributed by atoms with E-state index in [2.05, 4.69) is 10.1 Å². The van der Waals surface area contributed by atoms with E-state index in [1.807, 2.05) is 19.9 Å². The molecule has 2 rings (SSSR count). The van der Waals surface area contributed by atoms with Crippen LogP contribution < -0.4 is 0 Å². The summed E-state index contributed by atoms with van der Waals surface area (Å²) >= 11 is 0. The van der Waals surface area contributed by atoms with E-state index >= 15 is 0 Å². The van der Waals surface area contributed by atoms with Gasteiger partial charge in [-0.15, -0.1) is 0 Å². The molecule has 0 spiro atoms. The monoisotopic (exact) mass is 259 g/mol. The highest BCUT2D eigenvalue weighted by Gasteiger charge is 2.13. The zero-order chi connectivity index (χ0) is 11.9. The van der Waals surface area contributed by atoms with Gasteiger partial charge < -0.3 is 0 Å². The SMILES string of the molecule is CC(C)c1cc2ncc(S(=O)(=O)Cl)cn2n1. The summed E-state index contributed by atoms with van der Waals surface area (Å²) in [6.45, 7) is 4.00. The number of aromatic nitrogens is 3. The van der Waals surface area contributed by atoms with E-state index in [0.717, 1.165) is 5.69 Å². The van der Waals surface area contributed by atoms with Crippen LogP contribution in [-0.4, -0.2) is 23.0 Å². The first-order chi connectivity index (χ1) is 7.38. The van der Waals surface area contributed by atoms with E-state index in [1.54, 1.807) is 0 Å². The average molecular weight is 260 g/mol. The molecule has 2 aromatic heterocycles. The average Bonchev–Trinajstić information content (AvgIpc) is 2.58. The molecule has 16 heavy (non-hydrogen) atoms. The first-order valence-corrected chi connectivity index (χ1v) is 6.99. The molecule has 86 valence electrons. The highest BCUT2D eigenvalue weighted by molar-refractivity contribution is 8.13. The Kier molecular flexibility index (Phi) is 2.63. The fourth-order valence-corrected chi connectivity index (χ4v) is 1.93. The Labute approximate surface area is 97.5 Å². The standard InChI is InChI=1S/C9H10ClN3O2S/c1-6(2)8-3-9-11-4-7(16(10,14)15)5-13(9)12-8/h3-6H,1-2H3. The molecule has 0 aliphatic heterocycles. The van der Waals surface area contributed by atoms with E-state index in [-0.39, 0.29) is 10.8 Å². The van der Waals surface area contributed by atoms with Crippen molar-refractivity contribution in [2.75, 3.05) is 0 Å². The molecule has 5 nitrogen and oxygen atoms in total. The molecule has 7 heteroatoms. The molecule has 0 N–H and O–H groups in total. The van der Waals surface area contributed by atoms with Crippen LogP contribution >= 0.6 is 10.7 Å². The highest BCUT2D eigenvalue weighted by Crippen LogP contribution is 2.17. The Morgan fingerprint density at radius 1 is 1.44 bits per heavy atom. The lowest BCUT2D eigenvalue weighted by Gasteiger charge is -1.96. The van der Waals surface area contributed by atoms with Gasteiger partial charge >= 0.3 is 0 Å². The van der Waals surface area contributed by atoms with Crippen molar-refractivity contribution in [3.8, 4) is 0 Å². The van der Waals surface area contributed by atoms with Crippen LogP contribution in [0.15, 0.2) is 23.4 Å². The minimum atomic E-state index is -3.76. The lowest BCUT2D eigenvalue weighted by atomic mass is 10.1. The molecule has 0 atom stereocenters. The Bertz CT molecular complexity index is 633. The molecule has 0 aromatic carbocycles. The molecule has 2 aromatic rings. The summed E-state index contributed by atoms with van der Waals surface area (Å²) in [6, 6.07) is 1.81. The molecule has 0 radical (unpaired) electrons. The number of hydrogen-bond donors (Lipinski definition) is 0. The molecule has 0 aliphatic rings. The Balaban J connectivity index is 2.63. The molecule has 2 heterocycles. The summed E-state index contributed by atoms with van der Waals surface area (Å²) in [7, 11) is 1.46. The first-order valence-electron chi connectivity index (χ1n) is 4.68. The number of hydrogen-bond acceptors (Lipinski definition) is 4. The van der Waals surface area contributed by atoms with Crippen molar-refractivity contribution < 1.29 is 8.42 Å². The van der Waals surface area contributed by atoms with E-state index in [4.69, 9.17) is 10.7 Å². The number of fused-ring (bicyclic) bond motifs is 1. The third-order valence-electron chi connectivity index (χ3n) is 2.18. The van der Waals surface area contributed by atoms with E-state index < -0.39 is 9.05 Å². The summed E-state index contributed by atoms with van der Waals surface area (Å²) in [6.07, 6.45) is 2.58. The zero-order valence-corrected chi connectivity index (χ0v) is 10.3. The Morgan fingerprint density at radius 2 is 2.12 bits per heavy atom. The van der Waals surface area contributed by atoms with Crippen LogP contribution in [-0.2, 0) is 9.05 Å². The maximum atomic E-state index is 11.1. The minimum absolute atomic E-state index is 0.0555. The third kappa shape index (κ3) is 2.03. The first kappa shape index (κ1) is 11.3. The smallest absolute Gasteiger partial charge is 0.236 e. The van der Waals surface area contributed by atoms with Gasteiger partial charge in [0.2, 0.25) is 0 Å². The Morgan fingerprint density at radius 3 is 2.69 bits per heavy atom. The maximum absolute atomic E-state index is 11.1. The van der Waals surface area contributed by atoms with Crippen LogP contribution in [0, 0.1) is 0 Å². The predicted molar refractivity (Wildman–Crippen MR) is 60.1 cm³/mol. The molecule has 0 bridgehead atoms. The lowest BCUT2D eigenvalue weighted by molar-refractivity contribution is 0.608. The topological polar surface area (TPSA) is 64.3 Å². The number of nitrogens with zero attached hydrogens (tertiary/aromatic N) is 3. The number of halogens is 1. The summed E-state index contributed by atoms with van der Waals surface area (Å²) < 4.78 is 23.6. The van der Waals surface area contributed by atoms with Crippen LogP contribution in [0.5, 0.6) is 0 Å². The van der Waals surface area contributed by atoms with Gasteiger partial charge in [0.05, 0.1) is 18.1 Å². The quantitative estimate of drug-likeness (QED) is 0.771. The van der Waals surface area contributed by atoms with Gasteiger partial charge in [-0.3, -0.25) is 0 Å². The van der Waals surface area contributed by atoms with Gasteiger partial charge in [0.25, 0.3) is 9.05 Å². The van der Waals surface area contributed by atoms with E-state index in [9.17, 15) is 8.42 Å². The van der Waals surface area contributed by atoms with Crippen LogP contribution in [0.1, 0.15) is 25.5 Å². The summed E-state index contributed by atoms with van der Waals surface area (Å²) in [4.78, 5) is 3.93. The van der Waals surface area contributed by atoms with Crippen LogP contribution in [0.2, 0.25) is 0 Å². The minimum Gasteiger partial charge on any atom is -0.236 e.